The molecule has 0 radical (unpaired) electrons. The molecule has 1 aromatic heterocycles. The van der Waals surface area contributed by atoms with Crippen LogP contribution in [0.4, 0.5) is 0 Å². The van der Waals surface area contributed by atoms with Crippen molar-refractivity contribution in [1.82, 2.24) is 0 Å². The van der Waals surface area contributed by atoms with Gasteiger partial charge in [0, 0.05) is 0 Å². The largest absolute Gasteiger partial charge is 0.504 e. The van der Waals surface area contributed by atoms with Crippen molar-refractivity contribution in [2.24, 2.45) is 0 Å². The second-order valence-electron chi connectivity index (χ2n) is 6.65. The van der Waals surface area contributed by atoms with E-state index in [0.29, 0.717) is 11.0 Å². The molecule has 0 spiro atoms. The third kappa shape index (κ3) is 3.80. The zero-order valence-electron chi connectivity index (χ0n) is 15.9. The van der Waals surface area contributed by atoms with E-state index in [2.05, 4.69) is 0 Å². The molecule has 0 aliphatic carbocycles. The Morgan fingerprint density at radius 2 is 1.41 bits per heavy atom. The van der Waals surface area contributed by atoms with Gasteiger partial charge in [0.15, 0.2) is 17.1 Å². The molecule has 0 bridgehead atoms. The summed E-state index contributed by atoms with van der Waals surface area (Å²) in [6.07, 6.45) is 1.48. The zero-order chi connectivity index (χ0) is 20.2. The van der Waals surface area contributed by atoms with E-state index in [-0.39, 0.29) is 41.8 Å². The molecular formula is C24H20O5. The van der Waals surface area contributed by atoms with Gasteiger partial charge in [-0.05, 0) is 24.1 Å². The number of ketones is 1. The molecule has 0 saturated carbocycles. The van der Waals surface area contributed by atoms with Gasteiger partial charge in [-0.25, -0.2) is 0 Å². The highest BCUT2D eigenvalue weighted by Gasteiger charge is 2.26. The molecule has 0 saturated heterocycles. The Kier molecular flexibility index (Phi) is 5.20. The molecule has 0 aliphatic rings. The molecule has 3 aromatic carbocycles. The van der Waals surface area contributed by atoms with Crippen molar-refractivity contribution < 1.29 is 23.8 Å². The Bertz CT molecular complexity index is 1130. The summed E-state index contributed by atoms with van der Waals surface area (Å²) < 4.78 is 17.4. The summed E-state index contributed by atoms with van der Waals surface area (Å²) in [5, 5.41) is 11.4. The summed E-state index contributed by atoms with van der Waals surface area (Å²) in [4.78, 5) is 12.4. The molecule has 4 rings (SSSR count). The molecule has 1 N–H and O–H groups in total. The second kappa shape index (κ2) is 8.10. The highest BCUT2D eigenvalue weighted by atomic mass is 16.5. The standard InChI is InChI=1S/C24H20O5/c1-16(25)20-21(26)24(29-15-18-10-6-3-7-11-18)23-19(12-13-27-23)22(20)28-14-17-8-4-2-5-9-17/h2-13,26H,14-15H2,1H3. The fraction of sp³-hybridized carbons (Fsp3) is 0.125. The van der Waals surface area contributed by atoms with E-state index < -0.39 is 0 Å². The van der Waals surface area contributed by atoms with E-state index in [1.54, 1.807) is 6.07 Å². The summed E-state index contributed by atoms with van der Waals surface area (Å²) >= 11 is 0. The molecular weight excluding hydrogens is 368 g/mol. The van der Waals surface area contributed by atoms with Crippen molar-refractivity contribution in [2.45, 2.75) is 20.1 Å². The number of benzene rings is 3. The summed E-state index contributed by atoms with van der Waals surface area (Å²) in [6.45, 7) is 1.87. The van der Waals surface area contributed by atoms with Crippen molar-refractivity contribution in [3.63, 3.8) is 0 Å². The van der Waals surface area contributed by atoms with Crippen LogP contribution in [-0.2, 0) is 13.2 Å². The van der Waals surface area contributed by atoms with E-state index in [0.717, 1.165) is 11.1 Å². The van der Waals surface area contributed by atoms with Gasteiger partial charge in [0.25, 0.3) is 0 Å². The van der Waals surface area contributed by atoms with Crippen LogP contribution in [-0.4, -0.2) is 10.9 Å². The Hall–Kier alpha value is -3.73. The predicted molar refractivity (Wildman–Crippen MR) is 109 cm³/mol. The zero-order valence-corrected chi connectivity index (χ0v) is 15.9. The predicted octanol–water partition coefficient (Wildman–Crippen LogP) is 5.50. The molecule has 0 atom stereocenters. The maximum atomic E-state index is 12.4. The first kappa shape index (κ1) is 18.6. The fourth-order valence-electron chi connectivity index (χ4n) is 3.20. The molecule has 29 heavy (non-hydrogen) atoms. The Labute approximate surface area is 168 Å². The number of hydrogen-bond acceptors (Lipinski definition) is 5. The molecule has 0 amide bonds. The number of phenolic OH excluding ortho intramolecular Hbond substituents is 1. The molecule has 4 aromatic rings. The van der Waals surface area contributed by atoms with Gasteiger partial charge in [-0.15, -0.1) is 0 Å². The number of ether oxygens (including phenoxy) is 2. The minimum absolute atomic E-state index is 0.0814. The second-order valence-corrected chi connectivity index (χ2v) is 6.65. The number of carbonyl (C=O) groups excluding carboxylic acids is 1. The number of aromatic hydroxyl groups is 1. The summed E-state index contributed by atoms with van der Waals surface area (Å²) in [5.41, 5.74) is 2.30. The molecule has 5 nitrogen and oxygen atoms in total. The first-order chi connectivity index (χ1) is 14.1. The summed E-state index contributed by atoms with van der Waals surface area (Å²) in [6, 6.07) is 20.9. The fourth-order valence-corrected chi connectivity index (χ4v) is 3.20. The number of fused-ring (bicyclic) bond motifs is 1. The van der Waals surface area contributed by atoms with Gasteiger partial charge in [0.2, 0.25) is 5.75 Å². The van der Waals surface area contributed by atoms with E-state index in [4.69, 9.17) is 13.9 Å². The van der Waals surface area contributed by atoms with Crippen LogP contribution in [0.5, 0.6) is 17.2 Å². The Morgan fingerprint density at radius 3 is 1.97 bits per heavy atom. The smallest absolute Gasteiger partial charge is 0.206 e. The van der Waals surface area contributed by atoms with Crippen LogP contribution in [0, 0.1) is 0 Å². The topological polar surface area (TPSA) is 68.9 Å². The third-order valence-electron chi connectivity index (χ3n) is 4.60. The Morgan fingerprint density at radius 1 is 0.862 bits per heavy atom. The number of carbonyl (C=O) groups is 1. The molecule has 5 heteroatoms. The molecule has 146 valence electrons. The lowest BCUT2D eigenvalue weighted by Crippen LogP contribution is -2.05. The van der Waals surface area contributed by atoms with Crippen LogP contribution in [0.15, 0.2) is 77.4 Å². The average molecular weight is 388 g/mol. The maximum Gasteiger partial charge on any atom is 0.206 e. The molecule has 0 fully saturated rings. The van der Waals surface area contributed by atoms with Crippen LogP contribution in [0.3, 0.4) is 0 Å². The molecule has 0 unspecified atom stereocenters. The van der Waals surface area contributed by atoms with Gasteiger partial charge in [0.1, 0.15) is 24.5 Å². The Balaban J connectivity index is 1.73. The normalized spacial score (nSPS) is 10.8. The van der Waals surface area contributed by atoms with Crippen LogP contribution >= 0.6 is 0 Å². The molecule has 1 heterocycles. The SMILES string of the molecule is CC(=O)c1c(O)c(OCc2ccccc2)c2occc2c1OCc1ccccc1. The summed E-state index contributed by atoms with van der Waals surface area (Å²) in [7, 11) is 0. The number of hydrogen-bond donors (Lipinski definition) is 1. The minimum Gasteiger partial charge on any atom is -0.504 e. The van der Waals surface area contributed by atoms with Crippen LogP contribution in [0.25, 0.3) is 11.0 Å². The maximum absolute atomic E-state index is 12.4. The van der Waals surface area contributed by atoms with E-state index in [1.807, 2.05) is 60.7 Å². The number of rotatable bonds is 7. The van der Waals surface area contributed by atoms with Gasteiger partial charge in [-0.3, -0.25) is 4.79 Å². The lowest BCUT2D eigenvalue weighted by atomic mass is 10.0. The van der Waals surface area contributed by atoms with E-state index >= 15 is 0 Å². The van der Waals surface area contributed by atoms with E-state index in [1.165, 1.54) is 13.2 Å². The summed E-state index contributed by atoms with van der Waals surface area (Å²) in [5.74, 6) is -0.182. The van der Waals surface area contributed by atoms with Crippen molar-refractivity contribution in [1.29, 1.82) is 0 Å². The van der Waals surface area contributed by atoms with Gasteiger partial charge >= 0.3 is 0 Å². The van der Waals surface area contributed by atoms with Gasteiger partial charge in [-0.1, -0.05) is 60.7 Å². The quantitative estimate of drug-likeness (QED) is 0.424. The van der Waals surface area contributed by atoms with Crippen LogP contribution in [0.1, 0.15) is 28.4 Å². The lowest BCUT2D eigenvalue weighted by molar-refractivity contribution is 0.101. The van der Waals surface area contributed by atoms with Gasteiger partial charge in [0.05, 0.1) is 11.6 Å². The highest BCUT2D eigenvalue weighted by molar-refractivity contribution is 6.08. The third-order valence-corrected chi connectivity index (χ3v) is 4.60. The van der Waals surface area contributed by atoms with Gasteiger partial charge < -0.3 is 19.0 Å². The van der Waals surface area contributed by atoms with E-state index in [9.17, 15) is 9.90 Å². The van der Waals surface area contributed by atoms with Crippen molar-refractivity contribution in [3.8, 4) is 17.2 Å². The van der Waals surface area contributed by atoms with Crippen molar-refractivity contribution in [3.05, 3.63) is 89.7 Å². The average Bonchev–Trinajstić information content (AvgIpc) is 3.22. The van der Waals surface area contributed by atoms with Gasteiger partial charge in [-0.2, -0.15) is 0 Å². The number of phenols is 1. The van der Waals surface area contributed by atoms with Crippen molar-refractivity contribution in [2.75, 3.05) is 0 Å². The first-order valence-electron chi connectivity index (χ1n) is 9.25. The minimum atomic E-state index is -0.321. The van der Waals surface area contributed by atoms with Crippen LogP contribution < -0.4 is 9.47 Å². The lowest BCUT2D eigenvalue weighted by Gasteiger charge is -2.16. The van der Waals surface area contributed by atoms with Crippen LogP contribution in [0.2, 0.25) is 0 Å². The monoisotopic (exact) mass is 388 g/mol. The molecule has 0 aliphatic heterocycles. The van der Waals surface area contributed by atoms with Crippen molar-refractivity contribution >= 4 is 16.8 Å². The highest BCUT2D eigenvalue weighted by Crippen LogP contribution is 2.46. The number of Topliss-reactive ketones (excluding diaryl/α,β-unsaturated/α-hetero) is 1. The first-order valence-corrected chi connectivity index (χ1v) is 9.25. The number of furan rings is 1.